The number of thiazole rings is 1. The highest BCUT2D eigenvalue weighted by Gasteiger charge is 2.27. The van der Waals surface area contributed by atoms with E-state index in [1.54, 1.807) is 23.5 Å². The molecule has 0 radical (unpaired) electrons. The van der Waals surface area contributed by atoms with Crippen LogP contribution in [0, 0.1) is 12.7 Å². The topological polar surface area (TPSA) is 36.4 Å². The highest BCUT2D eigenvalue weighted by Crippen LogP contribution is 2.30. The molecule has 146 valence electrons. The van der Waals surface area contributed by atoms with Crippen molar-refractivity contribution in [3.05, 3.63) is 40.0 Å². The minimum Gasteiger partial charge on any atom is -0.338 e. The Morgan fingerprint density at radius 2 is 1.85 bits per heavy atom. The zero-order valence-corrected chi connectivity index (χ0v) is 17.2. The van der Waals surface area contributed by atoms with Gasteiger partial charge in [0.2, 0.25) is 5.91 Å². The van der Waals surface area contributed by atoms with Crippen LogP contribution in [-0.2, 0) is 11.2 Å². The summed E-state index contributed by atoms with van der Waals surface area (Å²) in [5, 5.41) is 0.929. The summed E-state index contributed by atoms with van der Waals surface area (Å²) in [6, 6.07) is 6.72. The van der Waals surface area contributed by atoms with E-state index in [1.807, 2.05) is 21.0 Å². The molecule has 4 nitrogen and oxygen atoms in total. The molecule has 1 amide bonds. The van der Waals surface area contributed by atoms with Crippen LogP contribution >= 0.6 is 11.3 Å². The largest absolute Gasteiger partial charge is 0.338 e. The summed E-state index contributed by atoms with van der Waals surface area (Å²) in [5.74, 6) is -0.0878. The lowest BCUT2D eigenvalue weighted by Crippen LogP contribution is -2.43. The molecule has 1 aliphatic carbocycles. The van der Waals surface area contributed by atoms with E-state index in [2.05, 4.69) is 14.8 Å². The van der Waals surface area contributed by atoms with Gasteiger partial charge in [-0.25, -0.2) is 9.37 Å². The average molecular weight is 390 g/mol. The third kappa shape index (κ3) is 5.14. The molecule has 0 saturated heterocycles. The molecule has 2 aromatic rings. The number of amides is 1. The molecule has 6 heteroatoms. The summed E-state index contributed by atoms with van der Waals surface area (Å²) in [4.78, 5) is 23.0. The zero-order valence-electron chi connectivity index (χ0n) is 16.4. The molecule has 1 aromatic carbocycles. The van der Waals surface area contributed by atoms with Crippen molar-refractivity contribution >= 4 is 17.2 Å². The SMILES string of the molecule is Cc1nc(-c2ccc(F)cc2)c(CC(=O)N(CCN(C)C)C2CCCC2)s1. The normalized spacial score (nSPS) is 14.9. The van der Waals surface area contributed by atoms with E-state index in [0.717, 1.165) is 47.1 Å². The van der Waals surface area contributed by atoms with E-state index in [0.29, 0.717) is 12.5 Å². The first-order valence-electron chi connectivity index (χ1n) is 9.60. The van der Waals surface area contributed by atoms with Crippen LogP contribution in [0.25, 0.3) is 11.3 Å². The summed E-state index contributed by atoms with van der Waals surface area (Å²) in [5.41, 5.74) is 1.68. The first kappa shape index (κ1) is 20.0. The van der Waals surface area contributed by atoms with Gasteiger partial charge in [0.15, 0.2) is 0 Å². The van der Waals surface area contributed by atoms with Gasteiger partial charge in [-0.2, -0.15) is 0 Å². The van der Waals surface area contributed by atoms with Crippen LogP contribution in [0.1, 0.15) is 35.6 Å². The number of nitrogens with zero attached hydrogens (tertiary/aromatic N) is 3. The molecule has 1 fully saturated rings. The monoisotopic (exact) mass is 389 g/mol. The Morgan fingerprint density at radius 1 is 1.19 bits per heavy atom. The molecule has 27 heavy (non-hydrogen) atoms. The first-order valence-corrected chi connectivity index (χ1v) is 10.4. The van der Waals surface area contributed by atoms with Crippen molar-refractivity contribution in [3.8, 4) is 11.3 Å². The molecule has 0 spiro atoms. The molecular formula is C21H28FN3OS. The third-order valence-corrected chi connectivity index (χ3v) is 6.08. The molecule has 0 atom stereocenters. The molecule has 0 unspecified atom stereocenters. The fourth-order valence-electron chi connectivity index (χ4n) is 3.70. The molecule has 0 aliphatic heterocycles. The molecule has 1 aromatic heterocycles. The van der Waals surface area contributed by atoms with Gasteiger partial charge in [0, 0.05) is 29.6 Å². The maximum Gasteiger partial charge on any atom is 0.228 e. The molecule has 1 saturated carbocycles. The van der Waals surface area contributed by atoms with Gasteiger partial charge < -0.3 is 9.80 Å². The number of hydrogen-bond donors (Lipinski definition) is 0. The van der Waals surface area contributed by atoms with Crippen molar-refractivity contribution < 1.29 is 9.18 Å². The molecule has 1 heterocycles. The van der Waals surface area contributed by atoms with Gasteiger partial charge in [-0.15, -0.1) is 11.3 Å². The molecule has 0 bridgehead atoms. The summed E-state index contributed by atoms with van der Waals surface area (Å²) in [7, 11) is 4.08. The van der Waals surface area contributed by atoms with E-state index in [-0.39, 0.29) is 11.7 Å². The minimum absolute atomic E-state index is 0.177. The lowest BCUT2D eigenvalue weighted by Gasteiger charge is -2.30. The second-order valence-electron chi connectivity index (χ2n) is 7.52. The number of aromatic nitrogens is 1. The molecule has 0 N–H and O–H groups in total. The standard InChI is InChI=1S/C21H28FN3OS/c1-15-23-21(16-8-10-17(22)11-9-16)19(27-15)14-20(26)25(13-12-24(2)3)18-6-4-5-7-18/h8-11,18H,4-7,12-14H2,1-3H3. The van der Waals surface area contributed by atoms with Gasteiger partial charge in [0.1, 0.15) is 5.82 Å². The summed E-state index contributed by atoms with van der Waals surface area (Å²) in [6.07, 6.45) is 4.98. The fourth-order valence-corrected chi connectivity index (χ4v) is 4.65. The Morgan fingerprint density at radius 3 is 2.48 bits per heavy atom. The van der Waals surface area contributed by atoms with Crippen LogP contribution in [0.5, 0.6) is 0 Å². The van der Waals surface area contributed by atoms with Gasteiger partial charge in [0.25, 0.3) is 0 Å². The smallest absolute Gasteiger partial charge is 0.228 e. The van der Waals surface area contributed by atoms with E-state index in [4.69, 9.17) is 0 Å². The second-order valence-corrected chi connectivity index (χ2v) is 8.80. The molecule has 1 aliphatic rings. The van der Waals surface area contributed by atoms with E-state index in [1.165, 1.54) is 25.0 Å². The number of benzene rings is 1. The van der Waals surface area contributed by atoms with Crippen molar-refractivity contribution in [3.63, 3.8) is 0 Å². The van der Waals surface area contributed by atoms with E-state index < -0.39 is 0 Å². The van der Waals surface area contributed by atoms with Crippen molar-refractivity contribution in [1.82, 2.24) is 14.8 Å². The van der Waals surface area contributed by atoms with Crippen LogP contribution in [0.15, 0.2) is 24.3 Å². The number of carbonyl (C=O) groups is 1. The van der Waals surface area contributed by atoms with E-state index in [9.17, 15) is 9.18 Å². The maximum absolute atomic E-state index is 13.3. The lowest BCUT2D eigenvalue weighted by molar-refractivity contribution is -0.132. The highest BCUT2D eigenvalue weighted by atomic mass is 32.1. The Bertz CT molecular complexity index is 766. The number of rotatable bonds is 7. The quantitative estimate of drug-likeness (QED) is 0.714. The Hall–Kier alpha value is -1.79. The predicted molar refractivity (Wildman–Crippen MR) is 108 cm³/mol. The van der Waals surface area contributed by atoms with Crippen LogP contribution in [0.3, 0.4) is 0 Å². The Kier molecular flexibility index (Phi) is 6.60. The van der Waals surface area contributed by atoms with E-state index >= 15 is 0 Å². The highest BCUT2D eigenvalue weighted by molar-refractivity contribution is 7.12. The number of aryl methyl sites for hydroxylation is 1. The third-order valence-electron chi connectivity index (χ3n) is 5.11. The van der Waals surface area contributed by atoms with Gasteiger partial charge in [-0.05, 0) is 58.1 Å². The van der Waals surface area contributed by atoms with Gasteiger partial charge in [-0.3, -0.25) is 4.79 Å². The summed E-state index contributed by atoms with van der Waals surface area (Å²) in [6.45, 7) is 3.58. The summed E-state index contributed by atoms with van der Waals surface area (Å²) >= 11 is 1.56. The van der Waals surface area contributed by atoms with Crippen LogP contribution < -0.4 is 0 Å². The van der Waals surface area contributed by atoms with Gasteiger partial charge in [0.05, 0.1) is 17.1 Å². The van der Waals surface area contributed by atoms with Crippen molar-refractivity contribution in [2.75, 3.05) is 27.2 Å². The number of halogens is 1. The van der Waals surface area contributed by atoms with Crippen LogP contribution in [-0.4, -0.2) is 53.9 Å². The zero-order chi connectivity index (χ0) is 19.4. The minimum atomic E-state index is -0.264. The number of hydrogen-bond acceptors (Lipinski definition) is 4. The predicted octanol–water partition coefficient (Wildman–Crippen LogP) is 4.13. The Balaban J connectivity index is 1.79. The summed E-state index contributed by atoms with van der Waals surface area (Å²) < 4.78 is 13.3. The fraction of sp³-hybridized carbons (Fsp3) is 0.524. The van der Waals surface area contributed by atoms with Gasteiger partial charge in [-0.1, -0.05) is 12.8 Å². The second kappa shape index (κ2) is 8.93. The lowest BCUT2D eigenvalue weighted by atomic mass is 10.1. The molecule has 3 rings (SSSR count). The van der Waals surface area contributed by atoms with Crippen LogP contribution in [0.2, 0.25) is 0 Å². The van der Waals surface area contributed by atoms with Crippen LogP contribution in [0.4, 0.5) is 4.39 Å². The van der Waals surface area contributed by atoms with Gasteiger partial charge >= 0.3 is 0 Å². The van der Waals surface area contributed by atoms with Crippen molar-refractivity contribution in [2.45, 2.75) is 45.1 Å². The Labute approximate surface area is 165 Å². The molecular weight excluding hydrogens is 361 g/mol. The van der Waals surface area contributed by atoms with Crippen molar-refractivity contribution in [2.24, 2.45) is 0 Å². The first-order chi connectivity index (χ1) is 12.9. The van der Waals surface area contributed by atoms with Crippen molar-refractivity contribution in [1.29, 1.82) is 0 Å². The maximum atomic E-state index is 13.3. The number of carbonyl (C=O) groups excluding carboxylic acids is 1. The number of likely N-dealkylation sites (N-methyl/N-ethyl adjacent to an activating group) is 1. The average Bonchev–Trinajstić information content (AvgIpc) is 3.26.